The summed E-state index contributed by atoms with van der Waals surface area (Å²) < 4.78 is 0. The fourth-order valence-electron chi connectivity index (χ4n) is 3.56. The van der Waals surface area contributed by atoms with Crippen LogP contribution in [0.2, 0.25) is 0 Å². The number of hydrogen-bond donors (Lipinski definition) is 1. The van der Waals surface area contributed by atoms with Gasteiger partial charge in [-0.2, -0.15) is 0 Å². The van der Waals surface area contributed by atoms with Gasteiger partial charge in [0.05, 0.1) is 5.41 Å². The van der Waals surface area contributed by atoms with Crippen molar-refractivity contribution < 1.29 is 9.90 Å². The largest absolute Gasteiger partial charge is 0.481 e. The molecule has 98 valence electrons. The molecule has 2 rings (SSSR count). The molecule has 0 radical (unpaired) electrons. The lowest BCUT2D eigenvalue weighted by atomic mass is 9.71. The van der Waals surface area contributed by atoms with Crippen LogP contribution in [-0.2, 0) is 4.79 Å². The lowest BCUT2D eigenvalue weighted by molar-refractivity contribution is -0.155. The molecule has 0 amide bonds. The Labute approximate surface area is 104 Å². The Hall–Kier alpha value is -0.570. The van der Waals surface area contributed by atoms with Crippen LogP contribution in [-0.4, -0.2) is 35.1 Å². The van der Waals surface area contributed by atoms with Crippen LogP contribution < -0.4 is 0 Å². The summed E-state index contributed by atoms with van der Waals surface area (Å²) in [6.07, 6.45) is 9.31. The monoisotopic (exact) mass is 239 g/mol. The van der Waals surface area contributed by atoms with Crippen molar-refractivity contribution in [1.82, 2.24) is 4.90 Å². The molecule has 0 bridgehead atoms. The van der Waals surface area contributed by atoms with Gasteiger partial charge < -0.3 is 5.11 Å². The third-order valence-electron chi connectivity index (χ3n) is 4.73. The standard InChI is InChI=1S/C14H25NO2/c1-14(13(16)17)9-5-4-8-12(14)15-10-6-2-3-7-11-15/h12H,2-11H2,1H3,(H,16,17). The van der Waals surface area contributed by atoms with Gasteiger partial charge in [-0.15, -0.1) is 0 Å². The highest BCUT2D eigenvalue weighted by molar-refractivity contribution is 5.75. The molecule has 0 aromatic rings. The number of nitrogens with zero attached hydrogens (tertiary/aromatic N) is 1. The number of rotatable bonds is 2. The van der Waals surface area contributed by atoms with Crippen LogP contribution in [0.1, 0.15) is 58.3 Å². The first kappa shape index (κ1) is 12.9. The van der Waals surface area contributed by atoms with Crippen LogP contribution in [0.5, 0.6) is 0 Å². The molecule has 1 N–H and O–H groups in total. The van der Waals surface area contributed by atoms with Crippen LogP contribution in [0.3, 0.4) is 0 Å². The molecule has 1 saturated carbocycles. The molecular formula is C14H25NO2. The van der Waals surface area contributed by atoms with E-state index in [-0.39, 0.29) is 6.04 Å². The van der Waals surface area contributed by atoms with Gasteiger partial charge in [0.25, 0.3) is 0 Å². The van der Waals surface area contributed by atoms with Crippen molar-refractivity contribution in [2.75, 3.05) is 13.1 Å². The van der Waals surface area contributed by atoms with Crippen LogP contribution in [0.25, 0.3) is 0 Å². The summed E-state index contributed by atoms with van der Waals surface area (Å²) in [4.78, 5) is 14.1. The zero-order chi connectivity index (χ0) is 12.3. The third-order valence-corrected chi connectivity index (χ3v) is 4.73. The summed E-state index contributed by atoms with van der Waals surface area (Å²) in [6, 6.07) is 0.270. The average Bonchev–Trinajstić information content (AvgIpc) is 2.58. The van der Waals surface area contributed by atoms with E-state index in [1.165, 1.54) is 32.1 Å². The first-order valence-electron chi connectivity index (χ1n) is 7.12. The lowest BCUT2D eigenvalue weighted by Gasteiger charge is -2.44. The first-order chi connectivity index (χ1) is 8.14. The second-order valence-corrected chi connectivity index (χ2v) is 5.93. The highest BCUT2D eigenvalue weighted by Crippen LogP contribution is 2.40. The van der Waals surface area contributed by atoms with Gasteiger partial charge in [0, 0.05) is 6.04 Å². The fraction of sp³-hybridized carbons (Fsp3) is 0.929. The second kappa shape index (κ2) is 5.38. The molecule has 17 heavy (non-hydrogen) atoms. The fourth-order valence-corrected chi connectivity index (χ4v) is 3.56. The minimum Gasteiger partial charge on any atom is -0.481 e. The summed E-state index contributed by atoms with van der Waals surface area (Å²) in [5, 5.41) is 9.54. The SMILES string of the molecule is CC1(C(=O)O)CCCCC1N1CCCCCC1. The predicted molar refractivity (Wildman–Crippen MR) is 68.0 cm³/mol. The lowest BCUT2D eigenvalue weighted by Crippen LogP contribution is -2.52. The zero-order valence-corrected chi connectivity index (χ0v) is 11.0. The minimum absolute atomic E-state index is 0.270. The van der Waals surface area contributed by atoms with Gasteiger partial charge in [0.15, 0.2) is 0 Å². The Kier molecular flexibility index (Phi) is 4.08. The van der Waals surface area contributed by atoms with E-state index in [0.717, 1.165) is 32.4 Å². The van der Waals surface area contributed by atoms with Crippen LogP contribution in [0.15, 0.2) is 0 Å². The van der Waals surface area contributed by atoms with Crippen molar-refractivity contribution in [1.29, 1.82) is 0 Å². The van der Waals surface area contributed by atoms with Gasteiger partial charge >= 0.3 is 5.97 Å². The van der Waals surface area contributed by atoms with E-state index in [1.807, 2.05) is 6.92 Å². The van der Waals surface area contributed by atoms with E-state index >= 15 is 0 Å². The van der Waals surface area contributed by atoms with E-state index in [2.05, 4.69) is 4.90 Å². The third kappa shape index (κ3) is 2.65. The normalized spacial score (nSPS) is 36.4. The number of carbonyl (C=O) groups is 1. The second-order valence-electron chi connectivity index (χ2n) is 5.93. The van der Waals surface area contributed by atoms with E-state index in [0.29, 0.717) is 0 Å². The topological polar surface area (TPSA) is 40.5 Å². The summed E-state index contributed by atoms with van der Waals surface area (Å²) in [5.74, 6) is -0.591. The van der Waals surface area contributed by atoms with E-state index < -0.39 is 11.4 Å². The molecule has 0 spiro atoms. The van der Waals surface area contributed by atoms with Gasteiger partial charge in [-0.05, 0) is 45.7 Å². The Balaban J connectivity index is 2.12. The minimum atomic E-state index is -0.591. The Bertz CT molecular complexity index is 271. The average molecular weight is 239 g/mol. The number of hydrogen-bond acceptors (Lipinski definition) is 2. The molecule has 1 aliphatic heterocycles. The van der Waals surface area contributed by atoms with Gasteiger partial charge in [0.1, 0.15) is 0 Å². The summed E-state index contributed by atoms with van der Waals surface area (Å²) >= 11 is 0. The van der Waals surface area contributed by atoms with E-state index in [9.17, 15) is 9.90 Å². The number of carboxylic acid groups (broad SMARTS) is 1. The Morgan fingerprint density at radius 3 is 2.35 bits per heavy atom. The molecule has 0 aromatic carbocycles. The van der Waals surface area contributed by atoms with Gasteiger partial charge in [-0.1, -0.05) is 25.7 Å². The molecule has 3 nitrogen and oxygen atoms in total. The predicted octanol–water partition coefficient (Wildman–Crippen LogP) is 2.90. The molecule has 2 atom stereocenters. The van der Waals surface area contributed by atoms with Crippen molar-refractivity contribution in [3.05, 3.63) is 0 Å². The smallest absolute Gasteiger partial charge is 0.310 e. The molecule has 1 heterocycles. The number of aliphatic carboxylic acids is 1. The maximum absolute atomic E-state index is 11.6. The maximum Gasteiger partial charge on any atom is 0.310 e. The van der Waals surface area contributed by atoms with Crippen molar-refractivity contribution in [3.63, 3.8) is 0 Å². The van der Waals surface area contributed by atoms with Gasteiger partial charge in [0.2, 0.25) is 0 Å². The van der Waals surface area contributed by atoms with Crippen molar-refractivity contribution >= 4 is 5.97 Å². The zero-order valence-electron chi connectivity index (χ0n) is 11.0. The Morgan fingerprint density at radius 1 is 1.12 bits per heavy atom. The molecular weight excluding hydrogens is 214 g/mol. The molecule has 1 saturated heterocycles. The molecule has 2 aliphatic rings. The molecule has 1 aliphatic carbocycles. The highest BCUT2D eigenvalue weighted by Gasteiger charge is 2.45. The van der Waals surface area contributed by atoms with Crippen LogP contribution in [0, 0.1) is 5.41 Å². The van der Waals surface area contributed by atoms with E-state index in [1.54, 1.807) is 0 Å². The molecule has 3 heteroatoms. The van der Waals surface area contributed by atoms with Gasteiger partial charge in [-0.25, -0.2) is 0 Å². The van der Waals surface area contributed by atoms with Gasteiger partial charge in [-0.3, -0.25) is 9.69 Å². The summed E-state index contributed by atoms with van der Waals surface area (Å²) in [5.41, 5.74) is -0.511. The number of carboxylic acids is 1. The summed E-state index contributed by atoms with van der Waals surface area (Å²) in [7, 11) is 0. The van der Waals surface area contributed by atoms with Crippen molar-refractivity contribution in [2.45, 2.75) is 64.3 Å². The molecule has 2 unspecified atom stereocenters. The molecule has 2 fully saturated rings. The number of likely N-dealkylation sites (tertiary alicyclic amines) is 1. The van der Waals surface area contributed by atoms with Crippen molar-refractivity contribution in [2.24, 2.45) is 5.41 Å². The summed E-state index contributed by atoms with van der Waals surface area (Å²) in [6.45, 7) is 4.17. The highest BCUT2D eigenvalue weighted by atomic mass is 16.4. The maximum atomic E-state index is 11.6. The quantitative estimate of drug-likeness (QED) is 0.805. The molecule has 0 aromatic heterocycles. The van der Waals surface area contributed by atoms with Crippen LogP contribution >= 0.6 is 0 Å². The Morgan fingerprint density at radius 2 is 1.76 bits per heavy atom. The van der Waals surface area contributed by atoms with E-state index in [4.69, 9.17) is 0 Å². The first-order valence-corrected chi connectivity index (χ1v) is 7.12. The van der Waals surface area contributed by atoms with Crippen LogP contribution in [0.4, 0.5) is 0 Å². The van der Waals surface area contributed by atoms with Crippen molar-refractivity contribution in [3.8, 4) is 0 Å².